The standard InChI is InChI=1S/C11H17NO/c1-7-5-6-8(2)11(13)10(7)9(3)12-4/h5-6,9,12-13H,1-4H3/t9-/m0/s1. The van der Waals surface area contributed by atoms with Gasteiger partial charge in [-0.1, -0.05) is 12.1 Å². The number of rotatable bonds is 2. The van der Waals surface area contributed by atoms with E-state index in [9.17, 15) is 5.11 Å². The van der Waals surface area contributed by atoms with E-state index in [1.807, 2.05) is 40.0 Å². The van der Waals surface area contributed by atoms with Crippen molar-refractivity contribution in [3.63, 3.8) is 0 Å². The Balaban J connectivity index is 3.25. The summed E-state index contributed by atoms with van der Waals surface area (Å²) in [5, 5.41) is 13.0. The van der Waals surface area contributed by atoms with Crippen LogP contribution in [0.3, 0.4) is 0 Å². The number of aromatic hydroxyl groups is 1. The van der Waals surface area contributed by atoms with Crippen LogP contribution in [0.1, 0.15) is 29.7 Å². The maximum Gasteiger partial charge on any atom is 0.123 e. The van der Waals surface area contributed by atoms with Crippen molar-refractivity contribution in [2.45, 2.75) is 26.8 Å². The average Bonchev–Trinajstić information content (AvgIpc) is 2.12. The van der Waals surface area contributed by atoms with Crippen LogP contribution in [-0.2, 0) is 0 Å². The van der Waals surface area contributed by atoms with E-state index in [0.29, 0.717) is 5.75 Å². The molecule has 0 unspecified atom stereocenters. The first-order valence-electron chi connectivity index (χ1n) is 4.54. The van der Waals surface area contributed by atoms with Crippen LogP contribution < -0.4 is 5.32 Å². The van der Waals surface area contributed by atoms with Gasteiger partial charge in [0.15, 0.2) is 0 Å². The van der Waals surface area contributed by atoms with Crippen LogP contribution in [0.25, 0.3) is 0 Å². The number of aryl methyl sites for hydroxylation is 2. The summed E-state index contributed by atoms with van der Waals surface area (Å²) < 4.78 is 0. The summed E-state index contributed by atoms with van der Waals surface area (Å²) in [6, 6.07) is 4.18. The van der Waals surface area contributed by atoms with Gasteiger partial charge in [-0.25, -0.2) is 0 Å². The van der Waals surface area contributed by atoms with Crippen molar-refractivity contribution in [1.82, 2.24) is 5.32 Å². The Bertz CT molecular complexity index is 307. The van der Waals surface area contributed by atoms with Crippen molar-refractivity contribution in [2.24, 2.45) is 0 Å². The zero-order chi connectivity index (χ0) is 10.0. The maximum atomic E-state index is 9.84. The number of phenolic OH excluding ortho intramolecular Hbond substituents is 1. The lowest BCUT2D eigenvalue weighted by Gasteiger charge is -2.16. The van der Waals surface area contributed by atoms with Crippen molar-refractivity contribution in [1.29, 1.82) is 0 Å². The smallest absolute Gasteiger partial charge is 0.123 e. The molecule has 0 aliphatic rings. The van der Waals surface area contributed by atoms with E-state index < -0.39 is 0 Å². The zero-order valence-corrected chi connectivity index (χ0v) is 8.68. The van der Waals surface area contributed by atoms with Crippen molar-refractivity contribution in [2.75, 3.05) is 7.05 Å². The van der Waals surface area contributed by atoms with Gasteiger partial charge in [0, 0.05) is 11.6 Å². The highest BCUT2D eigenvalue weighted by molar-refractivity contribution is 5.46. The number of nitrogens with one attached hydrogen (secondary N) is 1. The molecule has 1 rings (SSSR count). The van der Waals surface area contributed by atoms with E-state index in [1.165, 1.54) is 0 Å². The molecular formula is C11H17NO. The van der Waals surface area contributed by atoms with Crippen molar-refractivity contribution in [3.05, 3.63) is 28.8 Å². The summed E-state index contributed by atoms with van der Waals surface area (Å²) in [5.41, 5.74) is 3.06. The quantitative estimate of drug-likeness (QED) is 0.730. The van der Waals surface area contributed by atoms with Gasteiger partial charge in [-0.05, 0) is 38.9 Å². The minimum atomic E-state index is 0.194. The third kappa shape index (κ3) is 1.83. The van der Waals surface area contributed by atoms with E-state index in [2.05, 4.69) is 5.32 Å². The van der Waals surface area contributed by atoms with E-state index in [4.69, 9.17) is 0 Å². The fourth-order valence-electron chi connectivity index (χ4n) is 1.51. The van der Waals surface area contributed by atoms with Gasteiger partial charge in [0.05, 0.1) is 0 Å². The van der Waals surface area contributed by atoms with E-state index in [0.717, 1.165) is 16.7 Å². The van der Waals surface area contributed by atoms with Gasteiger partial charge in [0.2, 0.25) is 0 Å². The average molecular weight is 179 g/mol. The van der Waals surface area contributed by atoms with Gasteiger partial charge in [-0.15, -0.1) is 0 Å². The molecule has 0 saturated carbocycles. The molecule has 2 heteroatoms. The summed E-state index contributed by atoms with van der Waals surface area (Å²) in [4.78, 5) is 0. The van der Waals surface area contributed by atoms with Crippen molar-refractivity contribution in [3.8, 4) is 5.75 Å². The van der Waals surface area contributed by atoms with Crippen LogP contribution in [0, 0.1) is 13.8 Å². The SMILES string of the molecule is CN[C@@H](C)c1c(C)ccc(C)c1O. The number of phenols is 1. The highest BCUT2D eigenvalue weighted by Gasteiger charge is 2.12. The predicted molar refractivity (Wildman–Crippen MR) is 55.1 cm³/mol. The van der Waals surface area contributed by atoms with Crippen LogP contribution in [0.15, 0.2) is 12.1 Å². The third-order valence-electron chi connectivity index (χ3n) is 2.50. The predicted octanol–water partition coefficient (Wildman–Crippen LogP) is 2.29. The molecule has 0 bridgehead atoms. The topological polar surface area (TPSA) is 32.3 Å². The Hall–Kier alpha value is -1.02. The van der Waals surface area contributed by atoms with Crippen molar-refractivity contribution >= 4 is 0 Å². The van der Waals surface area contributed by atoms with Crippen LogP contribution in [-0.4, -0.2) is 12.2 Å². The monoisotopic (exact) mass is 179 g/mol. The van der Waals surface area contributed by atoms with Gasteiger partial charge < -0.3 is 10.4 Å². The van der Waals surface area contributed by atoms with Gasteiger partial charge in [-0.2, -0.15) is 0 Å². The molecule has 0 aliphatic carbocycles. The first-order chi connectivity index (χ1) is 6.07. The Morgan fingerprint density at radius 2 is 1.77 bits per heavy atom. The third-order valence-corrected chi connectivity index (χ3v) is 2.50. The molecule has 13 heavy (non-hydrogen) atoms. The summed E-state index contributed by atoms with van der Waals surface area (Å²) >= 11 is 0. The molecule has 0 spiro atoms. The summed E-state index contributed by atoms with van der Waals surface area (Å²) in [6.45, 7) is 5.98. The maximum absolute atomic E-state index is 9.84. The van der Waals surface area contributed by atoms with Crippen molar-refractivity contribution < 1.29 is 5.11 Å². The lowest BCUT2D eigenvalue weighted by atomic mass is 9.98. The van der Waals surface area contributed by atoms with Crippen LogP contribution in [0.4, 0.5) is 0 Å². The molecule has 1 aromatic carbocycles. The molecule has 0 amide bonds. The van der Waals surface area contributed by atoms with E-state index in [1.54, 1.807) is 0 Å². The Labute approximate surface area is 79.6 Å². The number of hydrogen-bond acceptors (Lipinski definition) is 2. The molecule has 1 aromatic rings. The molecule has 0 radical (unpaired) electrons. The largest absolute Gasteiger partial charge is 0.507 e. The second-order valence-corrected chi connectivity index (χ2v) is 3.47. The summed E-state index contributed by atoms with van der Waals surface area (Å²) in [7, 11) is 1.89. The summed E-state index contributed by atoms with van der Waals surface area (Å²) in [5.74, 6) is 0.418. The molecule has 2 nitrogen and oxygen atoms in total. The minimum Gasteiger partial charge on any atom is -0.507 e. The Morgan fingerprint density at radius 1 is 1.23 bits per heavy atom. The zero-order valence-electron chi connectivity index (χ0n) is 8.68. The first kappa shape index (κ1) is 10.1. The van der Waals surface area contributed by atoms with Gasteiger partial charge in [0.1, 0.15) is 5.75 Å². The second-order valence-electron chi connectivity index (χ2n) is 3.47. The molecule has 0 fully saturated rings. The molecule has 1 atom stereocenters. The van der Waals surface area contributed by atoms with E-state index >= 15 is 0 Å². The molecular weight excluding hydrogens is 162 g/mol. The molecule has 2 N–H and O–H groups in total. The van der Waals surface area contributed by atoms with Gasteiger partial charge in [0.25, 0.3) is 0 Å². The first-order valence-corrected chi connectivity index (χ1v) is 4.54. The molecule has 72 valence electrons. The summed E-state index contributed by atoms with van der Waals surface area (Å²) in [6.07, 6.45) is 0. The van der Waals surface area contributed by atoms with Crippen LogP contribution >= 0.6 is 0 Å². The number of hydrogen-bond donors (Lipinski definition) is 2. The number of benzene rings is 1. The fraction of sp³-hybridized carbons (Fsp3) is 0.455. The Kier molecular flexibility index (Phi) is 2.94. The minimum absolute atomic E-state index is 0.194. The normalized spacial score (nSPS) is 12.9. The van der Waals surface area contributed by atoms with Gasteiger partial charge in [-0.3, -0.25) is 0 Å². The molecule has 0 heterocycles. The highest BCUT2D eigenvalue weighted by atomic mass is 16.3. The second kappa shape index (κ2) is 3.79. The fourth-order valence-corrected chi connectivity index (χ4v) is 1.51. The lowest BCUT2D eigenvalue weighted by molar-refractivity contribution is 0.453. The Morgan fingerprint density at radius 3 is 2.31 bits per heavy atom. The molecule has 0 saturated heterocycles. The molecule has 0 aliphatic heterocycles. The van der Waals surface area contributed by atoms with Gasteiger partial charge >= 0.3 is 0 Å². The van der Waals surface area contributed by atoms with E-state index in [-0.39, 0.29) is 6.04 Å². The lowest BCUT2D eigenvalue weighted by Crippen LogP contribution is -2.14. The highest BCUT2D eigenvalue weighted by Crippen LogP contribution is 2.30. The molecule has 0 aromatic heterocycles. The van der Waals surface area contributed by atoms with Crippen LogP contribution in [0.2, 0.25) is 0 Å². The van der Waals surface area contributed by atoms with Crippen LogP contribution in [0.5, 0.6) is 5.75 Å².